The fraction of sp³-hybridized carbons (Fsp3) is 0.500. The lowest BCUT2D eigenvalue weighted by atomic mass is 10.2. The molecule has 0 fully saturated rings. The highest BCUT2D eigenvalue weighted by molar-refractivity contribution is 9.10. The van der Waals surface area contributed by atoms with Crippen LogP contribution in [-0.2, 0) is 14.2 Å². The first-order valence-corrected chi connectivity index (χ1v) is 7.24. The summed E-state index contributed by atoms with van der Waals surface area (Å²) < 4.78 is 21.6. The van der Waals surface area contributed by atoms with Gasteiger partial charge in [0.2, 0.25) is 0 Å². The second kappa shape index (κ2) is 10.6. The molecule has 0 aliphatic carbocycles. The minimum atomic E-state index is -0.989. The molecule has 0 aromatic heterocycles. The third-order valence-corrected chi connectivity index (χ3v) is 3.12. The largest absolute Gasteiger partial charge is 0.490 e. The molecule has 1 aromatic rings. The molecule has 0 saturated carbocycles. The number of carboxylic acids is 1. The molecule has 0 atom stereocenters. The topological polar surface area (TPSA) is 74.2 Å². The van der Waals surface area contributed by atoms with Gasteiger partial charge in [-0.05, 0) is 34.1 Å². The summed E-state index contributed by atoms with van der Waals surface area (Å²) in [6.45, 7) is 2.82. The Morgan fingerprint density at radius 2 is 1.71 bits per heavy atom. The smallest absolute Gasteiger partial charge is 0.335 e. The van der Waals surface area contributed by atoms with E-state index in [0.717, 1.165) is 0 Å². The summed E-state index contributed by atoms with van der Waals surface area (Å²) in [6.07, 6.45) is 0. The van der Waals surface area contributed by atoms with Crippen LogP contribution in [0.25, 0.3) is 0 Å². The number of benzene rings is 1. The molecule has 1 aromatic carbocycles. The zero-order valence-electron chi connectivity index (χ0n) is 11.8. The molecule has 0 saturated heterocycles. The van der Waals surface area contributed by atoms with Gasteiger partial charge in [-0.1, -0.05) is 0 Å². The van der Waals surface area contributed by atoms with Gasteiger partial charge in [0.05, 0.1) is 43.1 Å². The van der Waals surface area contributed by atoms with E-state index in [2.05, 4.69) is 15.9 Å². The van der Waals surface area contributed by atoms with Crippen molar-refractivity contribution in [1.82, 2.24) is 0 Å². The van der Waals surface area contributed by atoms with Crippen LogP contribution in [0.1, 0.15) is 10.4 Å². The monoisotopic (exact) mass is 362 g/mol. The second-order valence-corrected chi connectivity index (χ2v) is 4.87. The van der Waals surface area contributed by atoms with Crippen LogP contribution in [0.2, 0.25) is 0 Å². The molecular weight excluding hydrogens is 344 g/mol. The molecule has 6 nitrogen and oxygen atoms in total. The lowest BCUT2D eigenvalue weighted by Gasteiger charge is -2.09. The van der Waals surface area contributed by atoms with Crippen LogP contribution in [0.5, 0.6) is 5.75 Å². The van der Waals surface area contributed by atoms with Crippen LogP contribution in [0.15, 0.2) is 22.7 Å². The van der Waals surface area contributed by atoms with Gasteiger partial charge in [0.15, 0.2) is 0 Å². The van der Waals surface area contributed by atoms with E-state index in [-0.39, 0.29) is 5.56 Å². The Balaban J connectivity index is 2.18. The normalized spacial score (nSPS) is 10.6. The van der Waals surface area contributed by atoms with E-state index in [0.29, 0.717) is 49.9 Å². The Morgan fingerprint density at radius 1 is 1.10 bits per heavy atom. The summed E-state index contributed by atoms with van der Waals surface area (Å²) >= 11 is 3.31. The number of halogens is 1. The van der Waals surface area contributed by atoms with E-state index in [1.54, 1.807) is 13.2 Å². The fourth-order valence-corrected chi connectivity index (χ4v) is 1.78. The van der Waals surface area contributed by atoms with Gasteiger partial charge >= 0.3 is 5.97 Å². The van der Waals surface area contributed by atoms with Gasteiger partial charge in [-0.2, -0.15) is 0 Å². The zero-order valence-corrected chi connectivity index (χ0v) is 13.4. The number of carboxylic acid groups (broad SMARTS) is 1. The van der Waals surface area contributed by atoms with Crippen molar-refractivity contribution in [2.75, 3.05) is 46.8 Å². The van der Waals surface area contributed by atoms with E-state index in [4.69, 9.17) is 24.1 Å². The molecule has 118 valence electrons. The van der Waals surface area contributed by atoms with Crippen LogP contribution in [-0.4, -0.2) is 57.8 Å². The third-order valence-electron chi connectivity index (χ3n) is 2.47. The average Bonchev–Trinajstić information content (AvgIpc) is 2.47. The van der Waals surface area contributed by atoms with Gasteiger partial charge in [0.1, 0.15) is 12.4 Å². The van der Waals surface area contributed by atoms with Crippen LogP contribution in [0, 0.1) is 0 Å². The Kier molecular flexibility index (Phi) is 9.00. The highest BCUT2D eigenvalue weighted by Gasteiger charge is 2.07. The van der Waals surface area contributed by atoms with Crippen molar-refractivity contribution in [3.63, 3.8) is 0 Å². The lowest BCUT2D eigenvalue weighted by molar-refractivity contribution is 0.0179. The molecule has 1 rings (SSSR count). The molecule has 1 N–H and O–H groups in total. The standard InChI is InChI=1S/C14H19BrO6/c1-18-4-5-19-6-7-20-8-9-21-13-10-11(14(16)17)2-3-12(13)15/h2-3,10H,4-9H2,1H3,(H,16,17). The minimum Gasteiger partial charge on any atom is -0.490 e. The van der Waals surface area contributed by atoms with Gasteiger partial charge in [-0.3, -0.25) is 0 Å². The Labute approximate surface area is 132 Å². The van der Waals surface area contributed by atoms with E-state index >= 15 is 0 Å². The van der Waals surface area contributed by atoms with Crippen molar-refractivity contribution in [1.29, 1.82) is 0 Å². The molecule has 0 aliphatic rings. The van der Waals surface area contributed by atoms with Crippen molar-refractivity contribution >= 4 is 21.9 Å². The van der Waals surface area contributed by atoms with Crippen molar-refractivity contribution in [3.05, 3.63) is 28.2 Å². The average molecular weight is 363 g/mol. The van der Waals surface area contributed by atoms with Gasteiger partial charge in [0.25, 0.3) is 0 Å². The number of carbonyl (C=O) groups is 1. The van der Waals surface area contributed by atoms with Crippen LogP contribution in [0.4, 0.5) is 0 Å². The fourth-order valence-electron chi connectivity index (χ4n) is 1.42. The minimum absolute atomic E-state index is 0.181. The van der Waals surface area contributed by atoms with E-state index < -0.39 is 5.97 Å². The third kappa shape index (κ3) is 7.42. The Morgan fingerprint density at radius 3 is 2.33 bits per heavy atom. The molecule has 0 radical (unpaired) electrons. The first-order chi connectivity index (χ1) is 10.1. The van der Waals surface area contributed by atoms with E-state index in [9.17, 15) is 4.79 Å². The maximum absolute atomic E-state index is 10.9. The molecule has 0 heterocycles. The highest BCUT2D eigenvalue weighted by Crippen LogP contribution is 2.26. The second-order valence-electron chi connectivity index (χ2n) is 4.02. The summed E-state index contributed by atoms with van der Waals surface area (Å²) in [6, 6.07) is 4.62. The maximum Gasteiger partial charge on any atom is 0.335 e. The first kappa shape index (κ1) is 17.9. The SMILES string of the molecule is COCCOCCOCCOc1cc(C(=O)O)ccc1Br. The predicted octanol–water partition coefficient (Wildman–Crippen LogP) is 2.21. The molecular formula is C14H19BrO6. The predicted molar refractivity (Wildman–Crippen MR) is 80.1 cm³/mol. The molecule has 0 amide bonds. The quantitative estimate of drug-likeness (QED) is 0.608. The number of ether oxygens (including phenoxy) is 4. The Bertz CT molecular complexity index is 437. The van der Waals surface area contributed by atoms with Crippen molar-refractivity contribution in [2.24, 2.45) is 0 Å². The summed E-state index contributed by atoms with van der Waals surface area (Å²) in [5.74, 6) is -0.508. The molecule has 7 heteroatoms. The van der Waals surface area contributed by atoms with Gasteiger partial charge in [0, 0.05) is 7.11 Å². The lowest BCUT2D eigenvalue weighted by Crippen LogP contribution is -2.12. The molecule has 0 unspecified atom stereocenters. The number of hydrogen-bond acceptors (Lipinski definition) is 5. The molecule has 0 bridgehead atoms. The van der Waals surface area contributed by atoms with Gasteiger partial charge in [-0.15, -0.1) is 0 Å². The Hall–Kier alpha value is -1.15. The van der Waals surface area contributed by atoms with Crippen LogP contribution >= 0.6 is 15.9 Å². The van der Waals surface area contributed by atoms with Crippen LogP contribution in [0.3, 0.4) is 0 Å². The summed E-state index contributed by atoms with van der Waals surface area (Å²) in [5.41, 5.74) is 0.181. The molecule has 21 heavy (non-hydrogen) atoms. The van der Waals surface area contributed by atoms with Crippen molar-refractivity contribution < 1.29 is 28.8 Å². The summed E-state index contributed by atoms with van der Waals surface area (Å²) in [5, 5.41) is 8.91. The van der Waals surface area contributed by atoms with E-state index in [1.165, 1.54) is 12.1 Å². The number of hydrogen-bond donors (Lipinski definition) is 1. The van der Waals surface area contributed by atoms with Crippen LogP contribution < -0.4 is 4.74 Å². The van der Waals surface area contributed by atoms with Gasteiger partial charge in [-0.25, -0.2) is 4.79 Å². The molecule has 0 aliphatic heterocycles. The summed E-state index contributed by atoms with van der Waals surface area (Å²) in [7, 11) is 1.62. The van der Waals surface area contributed by atoms with Crippen molar-refractivity contribution in [3.8, 4) is 5.75 Å². The maximum atomic E-state index is 10.9. The number of aromatic carboxylic acids is 1. The first-order valence-electron chi connectivity index (χ1n) is 6.45. The van der Waals surface area contributed by atoms with Crippen molar-refractivity contribution in [2.45, 2.75) is 0 Å². The summed E-state index contributed by atoms with van der Waals surface area (Å²) in [4.78, 5) is 10.9. The zero-order chi connectivity index (χ0) is 15.5. The molecule has 0 spiro atoms. The van der Waals surface area contributed by atoms with Gasteiger partial charge < -0.3 is 24.1 Å². The number of methoxy groups -OCH3 is 1. The highest BCUT2D eigenvalue weighted by atomic mass is 79.9. The van der Waals surface area contributed by atoms with E-state index in [1.807, 2.05) is 0 Å². The number of rotatable bonds is 11.